The van der Waals surface area contributed by atoms with Gasteiger partial charge in [0.15, 0.2) is 0 Å². The van der Waals surface area contributed by atoms with Crippen molar-refractivity contribution in [1.29, 1.82) is 0 Å². The molecule has 32 heavy (non-hydrogen) atoms. The second kappa shape index (κ2) is 9.95. The fourth-order valence-electron chi connectivity index (χ4n) is 3.94. The Morgan fingerprint density at radius 3 is 2.31 bits per heavy atom. The summed E-state index contributed by atoms with van der Waals surface area (Å²) in [6.07, 6.45) is 1.79. The number of aromatic nitrogens is 1. The highest BCUT2D eigenvalue weighted by Crippen LogP contribution is 2.20. The van der Waals surface area contributed by atoms with Gasteiger partial charge in [-0.05, 0) is 43.3 Å². The van der Waals surface area contributed by atoms with Crippen LogP contribution < -0.4 is 10.2 Å². The lowest BCUT2D eigenvalue weighted by atomic mass is 10.2. The number of nitrogens with zero attached hydrogens (tertiary/aromatic N) is 4. The highest BCUT2D eigenvalue weighted by molar-refractivity contribution is 7.89. The molecule has 172 valence electrons. The first-order valence-corrected chi connectivity index (χ1v) is 12.3. The third-order valence-corrected chi connectivity index (χ3v) is 7.86. The topological polar surface area (TPSA) is 95.1 Å². The number of anilines is 2. The molecule has 10 heteroatoms. The minimum absolute atomic E-state index is 0.111. The van der Waals surface area contributed by atoms with E-state index < -0.39 is 10.0 Å². The summed E-state index contributed by atoms with van der Waals surface area (Å²) in [5, 5.41) is 2.91. The summed E-state index contributed by atoms with van der Waals surface area (Å²) in [7, 11) is -3.55. The molecule has 0 bridgehead atoms. The van der Waals surface area contributed by atoms with Gasteiger partial charge in [0.1, 0.15) is 5.82 Å². The molecule has 2 saturated heterocycles. The molecule has 1 aromatic carbocycles. The smallest absolute Gasteiger partial charge is 0.243 e. The zero-order valence-electron chi connectivity index (χ0n) is 18.2. The summed E-state index contributed by atoms with van der Waals surface area (Å²) in [4.78, 5) is 21.7. The molecule has 0 radical (unpaired) electrons. The van der Waals surface area contributed by atoms with Gasteiger partial charge in [0, 0.05) is 51.2 Å². The Bertz CT molecular complexity index is 1000. The van der Waals surface area contributed by atoms with Gasteiger partial charge >= 0.3 is 0 Å². The Morgan fingerprint density at radius 1 is 1.00 bits per heavy atom. The van der Waals surface area contributed by atoms with Gasteiger partial charge in [-0.1, -0.05) is 6.07 Å². The molecule has 0 unspecified atom stereocenters. The van der Waals surface area contributed by atoms with E-state index in [1.54, 1.807) is 18.3 Å². The second-order valence-corrected chi connectivity index (χ2v) is 9.85. The fourth-order valence-corrected chi connectivity index (χ4v) is 5.35. The number of morpholine rings is 1. The van der Waals surface area contributed by atoms with Gasteiger partial charge < -0.3 is 15.0 Å². The number of pyridine rings is 1. The Labute approximate surface area is 189 Å². The summed E-state index contributed by atoms with van der Waals surface area (Å²) in [6, 6.07) is 11.9. The van der Waals surface area contributed by atoms with Crippen LogP contribution in [0.4, 0.5) is 11.5 Å². The van der Waals surface area contributed by atoms with Gasteiger partial charge in [0.25, 0.3) is 0 Å². The molecule has 1 atom stereocenters. The molecular weight excluding hydrogens is 430 g/mol. The van der Waals surface area contributed by atoms with E-state index in [-0.39, 0.29) is 16.8 Å². The Hall–Kier alpha value is -2.53. The van der Waals surface area contributed by atoms with Gasteiger partial charge in [-0.3, -0.25) is 9.69 Å². The van der Waals surface area contributed by atoms with Gasteiger partial charge in [0.05, 0.1) is 24.2 Å². The Morgan fingerprint density at radius 2 is 1.69 bits per heavy atom. The molecule has 3 heterocycles. The molecule has 2 aliphatic rings. The second-order valence-electron chi connectivity index (χ2n) is 7.92. The number of hydrogen-bond donors (Lipinski definition) is 1. The predicted octanol–water partition coefficient (Wildman–Crippen LogP) is 1.25. The highest BCUT2D eigenvalue weighted by atomic mass is 32.2. The first kappa shape index (κ1) is 22.7. The standard InChI is InChI=1S/C22H29N5O4S/c1-18(25-10-12-26(13-11-25)21-4-2-3-9-23-21)22(28)24-19-5-7-20(8-6-19)32(29,30)27-14-16-31-17-15-27/h2-9,18H,10-17H2,1H3,(H,24,28)/t18-/m1/s1. The zero-order valence-corrected chi connectivity index (χ0v) is 19.0. The van der Waals surface area contributed by atoms with Crippen LogP contribution in [0.5, 0.6) is 0 Å². The van der Waals surface area contributed by atoms with Crippen LogP contribution in [-0.2, 0) is 19.6 Å². The van der Waals surface area contributed by atoms with E-state index in [0.29, 0.717) is 32.0 Å². The number of piperazine rings is 1. The van der Waals surface area contributed by atoms with Crippen molar-refractivity contribution in [2.45, 2.75) is 17.9 Å². The van der Waals surface area contributed by atoms with Crippen LogP contribution in [0.1, 0.15) is 6.92 Å². The van der Waals surface area contributed by atoms with Crippen LogP contribution in [0, 0.1) is 0 Å². The molecule has 9 nitrogen and oxygen atoms in total. The molecule has 1 N–H and O–H groups in total. The van der Waals surface area contributed by atoms with Crippen molar-refractivity contribution in [2.24, 2.45) is 0 Å². The van der Waals surface area contributed by atoms with Crippen LogP contribution in [-0.4, -0.2) is 87.0 Å². The van der Waals surface area contributed by atoms with Crippen molar-refractivity contribution in [3.8, 4) is 0 Å². The van der Waals surface area contributed by atoms with E-state index in [4.69, 9.17) is 4.74 Å². The number of rotatable bonds is 6. The summed E-state index contributed by atoms with van der Waals surface area (Å²) in [6.45, 7) is 6.55. The van der Waals surface area contributed by atoms with Crippen LogP contribution >= 0.6 is 0 Å². The van der Waals surface area contributed by atoms with Gasteiger partial charge in [-0.2, -0.15) is 4.31 Å². The number of amides is 1. The summed E-state index contributed by atoms with van der Waals surface area (Å²) in [5.74, 6) is 0.844. The van der Waals surface area contributed by atoms with Crippen molar-refractivity contribution in [1.82, 2.24) is 14.2 Å². The maximum Gasteiger partial charge on any atom is 0.243 e. The quantitative estimate of drug-likeness (QED) is 0.695. The van der Waals surface area contributed by atoms with E-state index in [1.165, 1.54) is 16.4 Å². The van der Waals surface area contributed by atoms with E-state index in [1.807, 2.05) is 25.1 Å². The lowest BCUT2D eigenvalue weighted by Gasteiger charge is -2.37. The predicted molar refractivity (Wildman–Crippen MR) is 122 cm³/mol. The maximum atomic E-state index is 12.8. The summed E-state index contributed by atoms with van der Waals surface area (Å²) >= 11 is 0. The minimum Gasteiger partial charge on any atom is -0.379 e. The normalized spacial score (nSPS) is 19.5. The van der Waals surface area contributed by atoms with Gasteiger partial charge in [0.2, 0.25) is 15.9 Å². The first-order valence-electron chi connectivity index (χ1n) is 10.8. The lowest BCUT2D eigenvalue weighted by molar-refractivity contribution is -0.120. The van der Waals surface area contributed by atoms with Crippen LogP contribution in [0.25, 0.3) is 0 Å². The van der Waals surface area contributed by atoms with E-state index >= 15 is 0 Å². The molecule has 1 amide bonds. The van der Waals surface area contributed by atoms with Gasteiger partial charge in [-0.15, -0.1) is 0 Å². The summed E-state index contributed by atoms with van der Waals surface area (Å²) < 4.78 is 32.1. The van der Waals surface area contributed by atoms with Crippen molar-refractivity contribution in [2.75, 3.05) is 62.7 Å². The first-order chi connectivity index (χ1) is 15.4. The molecule has 0 saturated carbocycles. The van der Waals surface area contributed by atoms with Crippen molar-refractivity contribution in [3.63, 3.8) is 0 Å². The Kier molecular flexibility index (Phi) is 7.04. The number of hydrogen-bond acceptors (Lipinski definition) is 7. The number of carbonyl (C=O) groups excluding carboxylic acids is 1. The number of benzene rings is 1. The summed E-state index contributed by atoms with van der Waals surface area (Å²) in [5.41, 5.74) is 0.579. The van der Waals surface area contributed by atoms with E-state index in [9.17, 15) is 13.2 Å². The molecule has 2 aliphatic heterocycles. The van der Waals surface area contributed by atoms with Crippen molar-refractivity contribution in [3.05, 3.63) is 48.7 Å². The van der Waals surface area contributed by atoms with Crippen molar-refractivity contribution >= 4 is 27.4 Å². The van der Waals surface area contributed by atoms with E-state index in [2.05, 4.69) is 20.1 Å². The molecule has 0 spiro atoms. The largest absolute Gasteiger partial charge is 0.379 e. The van der Waals surface area contributed by atoms with E-state index in [0.717, 1.165) is 32.0 Å². The number of ether oxygens (including phenoxy) is 1. The van der Waals surface area contributed by atoms with Crippen molar-refractivity contribution < 1.29 is 17.9 Å². The zero-order chi connectivity index (χ0) is 22.6. The molecule has 2 aromatic rings. The number of sulfonamides is 1. The minimum atomic E-state index is -3.55. The molecule has 0 aliphatic carbocycles. The monoisotopic (exact) mass is 459 g/mol. The van der Waals surface area contributed by atoms with Crippen LogP contribution in [0.2, 0.25) is 0 Å². The molecule has 1 aromatic heterocycles. The third-order valence-electron chi connectivity index (χ3n) is 5.94. The fraction of sp³-hybridized carbons (Fsp3) is 0.455. The van der Waals surface area contributed by atoms with Gasteiger partial charge in [-0.25, -0.2) is 13.4 Å². The van der Waals surface area contributed by atoms with Crippen LogP contribution in [0.15, 0.2) is 53.6 Å². The maximum absolute atomic E-state index is 12.8. The SMILES string of the molecule is C[C@H](C(=O)Nc1ccc(S(=O)(=O)N2CCOCC2)cc1)N1CCN(c2ccccn2)CC1. The number of carbonyl (C=O) groups is 1. The molecular formula is C22H29N5O4S. The molecule has 4 rings (SSSR count). The lowest BCUT2D eigenvalue weighted by Crippen LogP contribution is -2.53. The third kappa shape index (κ3) is 5.09. The highest BCUT2D eigenvalue weighted by Gasteiger charge is 2.28. The number of nitrogens with one attached hydrogen (secondary N) is 1. The molecule has 2 fully saturated rings. The average Bonchev–Trinajstić information content (AvgIpc) is 2.85. The average molecular weight is 460 g/mol. The Balaban J connectivity index is 1.32. The van der Waals surface area contributed by atoms with Crippen LogP contribution in [0.3, 0.4) is 0 Å².